The minimum atomic E-state index is -1.79. The lowest BCUT2D eigenvalue weighted by Crippen LogP contribution is -2.65. The summed E-state index contributed by atoms with van der Waals surface area (Å²) in [6.07, 6.45) is 72.6. The van der Waals surface area contributed by atoms with Crippen LogP contribution in [0.2, 0.25) is 0 Å². The second kappa shape index (κ2) is 67.4. The molecule has 0 radical (unpaired) electrons. The van der Waals surface area contributed by atoms with Gasteiger partial charge in [-0.25, -0.2) is 0 Å². The Hall–Kier alpha value is -1.79. The minimum absolute atomic E-state index is 0.245. The van der Waals surface area contributed by atoms with Crippen LogP contribution in [-0.2, 0) is 23.7 Å². The molecule has 2 aliphatic heterocycles. The van der Waals surface area contributed by atoms with Crippen molar-refractivity contribution in [2.24, 2.45) is 0 Å². The molecule has 12 atom stereocenters. The van der Waals surface area contributed by atoms with Gasteiger partial charge in [-0.05, 0) is 44.9 Å². The quantitative estimate of drug-likeness (QED) is 0.0204. The molecule has 97 heavy (non-hydrogen) atoms. The maximum absolute atomic E-state index is 13.4. The van der Waals surface area contributed by atoms with Gasteiger partial charge in [-0.1, -0.05) is 378 Å². The summed E-state index contributed by atoms with van der Waals surface area (Å²) in [6.45, 7) is 2.84. The molecule has 1 amide bonds. The molecule has 14 heteroatoms. The average molecular weight is 1380 g/mol. The maximum atomic E-state index is 13.4. The standard InChI is InChI=1S/C83H157NO13/c1-3-5-7-9-11-13-15-17-19-21-23-25-27-29-31-32-33-34-35-36-37-38-39-40-41-43-45-47-49-51-53-55-57-59-61-63-65-67-75(88)84-71(70-94-82-80(93)78(91)81(74(69-86)96-82)97-83-79(92)77(90)76(89)73(68-85)95-83)72(87)66-64-62-60-58-56-54-52-50-48-46-44-42-30-28-26-24-22-20-18-16-14-12-10-8-6-4-2/h48,50,56,58,64,66,71-74,76-83,85-87,89-93H,3-47,49,51-55,57,59-63,65,67-70H2,1-2H3,(H,84,88)/b50-48+,58-56+,66-64+. The third kappa shape index (κ3) is 50.3. The molecular weight excluding hydrogens is 1220 g/mol. The summed E-state index contributed by atoms with van der Waals surface area (Å²) in [5.74, 6) is -0.245. The molecule has 14 nitrogen and oxygen atoms in total. The molecule has 2 aliphatic rings. The number of unbranched alkanes of at least 4 members (excludes halogenated alkanes) is 54. The number of carbonyl (C=O) groups excluding carboxylic acids is 1. The molecule has 12 unspecified atom stereocenters. The number of aliphatic hydroxyl groups excluding tert-OH is 8. The van der Waals surface area contributed by atoms with Crippen molar-refractivity contribution in [2.75, 3.05) is 19.8 Å². The molecular formula is C83H157NO13. The second-order valence-corrected chi connectivity index (χ2v) is 29.6. The predicted octanol–water partition coefficient (Wildman–Crippen LogP) is 19.2. The number of hydrogen-bond acceptors (Lipinski definition) is 13. The van der Waals surface area contributed by atoms with E-state index >= 15 is 0 Å². The van der Waals surface area contributed by atoms with E-state index in [9.17, 15) is 45.6 Å². The molecule has 2 fully saturated rings. The van der Waals surface area contributed by atoms with Gasteiger partial charge in [-0.2, -0.15) is 0 Å². The molecule has 0 aromatic carbocycles. The van der Waals surface area contributed by atoms with Crippen LogP contribution in [0.1, 0.15) is 393 Å². The Kier molecular flexibility index (Phi) is 63.4. The van der Waals surface area contributed by atoms with Gasteiger partial charge in [-0.15, -0.1) is 0 Å². The Balaban J connectivity index is 1.60. The Morgan fingerprint density at radius 1 is 0.361 bits per heavy atom. The molecule has 0 bridgehead atoms. The lowest BCUT2D eigenvalue weighted by Gasteiger charge is -2.46. The molecule has 0 aromatic rings. The summed E-state index contributed by atoms with van der Waals surface area (Å²) in [7, 11) is 0. The lowest BCUT2D eigenvalue weighted by molar-refractivity contribution is -0.359. The number of nitrogens with one attached hydrogen (secondary N) is 1. The average Bonchev–Trinajstić information content (AvgIpc) is 0.795. The van der Waals surface area contributed by atoms with Gasteiger partial charge in [0.25, 0.3) is 0 Å². The zero-order chi connectivity index (χ0) is 70.1. The van der Waals surface area contributed by atoms with E-state index in [1.807, 2.05) is 6.08 Å². The van der Waals surface area contributed by atoms with Gasteiger partial charge in [0.05, 0.1) is 32.0 Å². The van der Waals surface area contributed by atoms with E-state index in [1.54, 1.807) is 6.08 Å². The summed E-state index contributed by atoms with van der Waals surface area (Å²) < 4.78 is 22.9. The highest BCUT2D eigenvalue weighted by molar-refractivity contribution is 5.76. The summed E-state index contributed by atoms with van der Waals surface area (Å²) in [4.78, 5) is 13.4. The molecule has 0 saturated carbocycles. The molecule has 2 rings (SSSR count). The van der Waals surface area contributed by atoms with Crippen LogP contribution in [0.25, 0.3) is 0 Å². The molecule has 0 spiro atoms. The first-order valence-corrected chi connectivity index (χ1v) is 41.7. The molecule has 9 N–H and O–H groups in total. The van der Waals surface area contributed by atoms with Crippen LogP contribution in [0.5, 0.6) is 0 Å². The summed E-state index contributed by atoms with van der Waals surface area (Å²) in [5.41, 5.74) is 0. The summed E-state index contributed by atoms with van der Waals surface area (Å²) in [5, 5.41) is 87.7. The van der Waals surface area contributed by atoms with Crippen LogP contribution in [0.15, 0.2) is 36.5 Å². The van der Waals surface area contributed by atoms with Gasteiger partial charge in [0.2, 0.25) is 5.91 Å². The number of carbonyl (C=O) groups is 1. The van der Waals surface area contributed by atoms with E-state index in [2.05, 4.69) is 43.5 Å². The van der Waals surface area contributed by atoms with Crippen LogP contribution in [0.4, 0.5) is 0 Å². The largest absolute Gasteiger partial charge is 0.394 e. The highest BCUT2D eigenvalue weighted by atomic mass is 16.7. The monoisotopic (exact) mass is 1380 g/mol. The second-order valence-electron chi connectivity index (χ2n) is 29.6. The molecule has 2 saturated heterocycles. The first kappa shape index (κ1) is 91.3. The van der Waals surface area contributed by atoms with Crippen LogP contribution in [0.3, 0.4) is 0 Å². The third-order valence-corrected chi connectivity index (χ3v) is 20.6. The number of allylic oxidation sites excluding steroid dienone is 5. The van der Waals surface area contributed by atoms with Crippen molar-refractivity contribution in [1.29, 1.82) is 0 Å². The zero-order valence-electron chi connectivity index (χ0n) is 62.9. The van der Waals surface area contributed by atoms with Gasteiger partial charge in [0.1, 0.15) is 48.8 Å². The number of amides is 1. The van der Waals surface area contributed by atoms with E-state index in [-0.39, 0.29) is 18.9 Å². The SMILES string of the molecule is CCCCCCCCCCCCCCCCCC/C=C/CC/C=C/CC/C=C/C(O)C(COC1OC(CO)C(OC2OC(CO)C(O)C(O)C2O)C(O)C1O)NC(=O)CCCCCCCCCCCCCCCCCCCCCCCCCCCCCCCCCCCCCCC. The van der Waals surface area contributed by atoms with Crippen molar-refractivity contribution in [1.82, 2.24) is 5.32 Å². The fourth-order valence-corrected chi connectivity index (χ4v) is 14.0. The molecule has 0 aromatic heterocycles. The molecule has 2 heterocycles. The highest BCUT2D eigenvalue weighted by Gasteiger charge is 2.51. The Bertz CT molecular complexity index is 1770. The maximum Gasteiger partial charge on any atom is 0.220 e. The van der Waals surface area contributed by atoms with Crippen LogP contribution >= 0.6 is 0 Å². The van der Waals surface area contributed by atoms with Crippen LogP contribution < -0.4 is 5.32 Å². The first-order chi connectivity index (χ1) is 47.6. The number of hydrogen-bond donors (Lipinski definition) is 9. The van der Waals surface area contributed by atoms with Crippen molar-refractivity contribution in [2.45, 2.75) is 466 Å². The normalized spacial score (nSPS) is 22.2. The van der Waals surface area contributed by atoms with Gasteiger partial charge in [0, 0.05) is 6.42 Å². The van der Waals surface area contributed by atoms with Crippen molar-refractivity contribution < 1.29 is 64.6 Å². The van der Waals surface area contributed by atoms with Crippen molar-refractivity contribution in [3.63, 3.8) is 0 Å². The molecule has 0 aliphatic carbocycles. The van der Waals surface area contributed by atoms with Crippen molar-refractivity contribution in [3.05, 3.63) is 36.5 Å². The van der Waals surface area contributed by atoms with Crippen molar-refractivity contribution >= 4 is 5.91 Å². The predicted molar refractivity (Wildman–Crippen MR) is 401 cm³/mol. The number of ether oxygens (including phenoxy) is 4. The highest BCUT2D eigenvalue weighted by Crippen LogP contribution is 2.30. The first-order valence-electron chi connectivity index (χ1n) is 41.7. The van der Waals surface area contributed by atoms with Gasteiger partial charge >= 0.3 is 0 Å². The third-order valence-electron chi connectivity index (χ3n) is 20.6. The van der Waals surface area contributed by atoms with Crippen LogP contribution in [0, 0.1) is 0 Å². The Morgan fingerprint density at radius 2 is 0.660 bits per heavy atom. The summed E-state index contributed by atoms with van der Waals surface area (Å²) >= 11 is 0. The lowest BCUT2D eigenvalue weighted by atomic mass is 9.97. The number of aliphatic hydroxyl groups is 8. The fourth-order valence-electron chi connectivity index (χ4n) is 14.0. The minimum Gasteiger partial charge on any atom is -0.394 e. The van der Waals surface area contributed by atoms with Gasteiger partial charge in [-0.3, -0.25) is 4.79 Å². The van der Waals surface area contributed by atoms with E-state index in [4.69, 9.17) is 18.9 Å². The smallest absolute Gasteiger partial charge is 0.220 e. The van der Waals surface area contributed by atoms with Gasteiger partial charge < -0.3 is 65.1 Å². The van der Waals surface area contributed by atoms with E-state index in [0.29, 0.717) is 12.8 Å². The Morgan fingerprint density at radius 3 is 1.01 bits per heavy atom. The van der Waals surface area contributed by atoms with E-state index in [0.717, 1.165) is 44.9 Å². The summed E-state index contributed by atoms with van der Waals surface area (Å²) in [6, 6.07) is -0.938. The van der Waals surface area contributed by atoms with Crippen LogP contribution in [-0.4, -0.2) is 140 Å². The number of rotatable bonds is 71. The molecule has 572 valence electrons. The van der Waals surface area contributed by atoms with E-state index in [1.165, 1.54) is 315 Å². The van der Waals surface area contributed by atoms with Crippen molar-refractivity contribution in [3.8, 4) is 0 Å². The topological polar surface area (TPSA) is 228 Å². The fraction of sp³-hybridized carbons (Fsp3) is 0.916. The Labute approximate surface area is 595 Å². The zero-order valence-corrected chi connectivity index (χ0v) is 62.9. The van der Waals surface area contributed by atoms with Gasteiger partial charge in [0.15, 0.2) is 12.6 Å². The van der Waals surface area contributed by atoms with E-state index < -0.39 is 86.8 Å².